The van der Waals surface area contributed by atoms with Crippen molar-refractivity contribution in [2.75, 3.05) is 0 Å². The van der Waals surface area contributed by atoms with Gasteiger partial charge in [0.1, 0.15) is 0 Å². The van der Waals surface area contributed by atoms with E-state index in [0.29, 0.717) is 0 Å². The molecule has 2 rings (SSSR count). The van der Waals surface area contributed by atoms with Gasteiger partial charge in [-0.3, -0.25) is 0 Å². The molecule has 0 aromatic heterocycles. The standard InChI is InChI=1S/C17H26/c1-14(2)17-10-6-9-16(13-17)12-11-15-7-4-3-5-8-15/h3-5,7-8,14,16-17H,6,9-13H2,1-2H3. The van der Waals surface area contributed by atoms with Crippen LogP contribution in [0.4, 0.5) is 0 Å². The Hall–Kier alpha value is -0.780. The monoisotopic (exact) mass is 230 g/mol. The SMILES string of the molecule is CC(C)C1CCCC(CCc2ccccc2)C1. The second kappa shape index (κ2) is 6.23. The van der Waals surface area contributed by atoms with Crippen LogP contribution in [0.25, 0.3) is 0 Å². The van der Waals surface area contributed by atoms with E-state index >= 15 is 0 Å². The fourth-order valence-electron chi connectivity index (χ4n) is 3.22. The summed E-state index contributed by atoms with van der Waals surface area (Å²) in [6.07, 6.45) is 8.55. The van der Waals surface area contributed by atoms with Crippen molar-refractivity contribution in [1.29, 1.82) is 0 Å². The molecule has 1 aromatic carbocycles. The van der Waals surface area contributed by atoms with Gasteiger partial charge in [0, 0.05) is 0 Å². The summed E-state index contributed by atoms with van der Waals surface area (Å²) >= 11 is 0. The van der Waals surface area contributed by atoms with Crippen molar-refractivity contribution < 1.29 is 0 Å². The van der Waals surface area contributed by atoms with Crippen LogP contribution in [-0.4, -0.2) is 0 Å². The van der Waals surface area contributed by atoms with Crippen LogP contribution in [0.5, 0.6) is 0 Å². The highest BCUT2D eigenvalue weighted by atomic mass is 14.3. The van der Waals surface area contributed by atoms with Gasteiger partial charge in [0.15, 0.2) is 0 Å². The number of rotatable bonds is 4. The molecule has 0 radical (unpaired) electrons. The summed E-state index contributed by atoms with van der Waals surface area (Å²) in [5.41, 5.74) is 1.51. The molecule has 94 valence electrons. The quantitative estimate of drug-likeness (QED) is 0.676. The van der Waals surface area contributed by atoms with E-state index < -0.39 is 0 Å². The van der Waals surface area contributed by atoms with Crippen molar-refractivity contribution in [2.45, 2.75) is 52.4 Å². The van der Waals surface area contributed by atoms with Crippen LogP contribution in [0.1, 0.15) is 51.5 Å². The van der Waals surface area contributed by atoms with Crippen LogP contribution in [0, 0.1) is 17.8 Å². The molecule has 0 N–H and O–H groups in total. The predicted molar refractivity (Wildman–Crippen MR) is 75.0 cm³/mol. The summed E-state index contributed by atoms with van der Waals surface area (Å²) in [6, 6.07) is 11.0. The zero-order valence-electron chi connectivity index (χ0n) is 11.4. The predicted octanol–water partition coefficient (Wildman–Crippen LogP) is 5.08. The van der Waals surface area contributed by atoms with Gasteiger partial charge in [-0.1, -0.05) is 63.4 Å². The van der Waals surface area contributed by atoms with Gasteiger partial charge in [0.25, 0.3) is 0 Å². The third-order valence-corrected chi connectivity index (χ3v) is 4.45. The van der Waals surface area contributed by atoms with E-state index in [1.165, 1.54) is 44.1 Å². The van der Waals surface area contributed by atoms with E-state index in [9.17, 15) is 0 Å². The zero-order valence-corrected chi connectivity index (χ0v) is 11.4. The maximum atomic E-state index is 2.39. The fraction of sp³-hybridized carbons (Fsp3) is 0.647. The van der Waals surface area contributed by atoms with Gasteiger partial charge < -0.3 is 0 Å². The second-order valence-electron chi connectivity index (χ2n) is 6.06. The molecular weight excluding hydrogens is 204 g/mol. The Labute approximate surface area is 106 Å². The highest BCUT2D eigenvalue weighted by molar-refractivity contribution is 5.14. The molecule has 1 fully saturated rings. The number of hydrogen-bond donors (Lipinski definition) is 0. The van der Waals surface area contributed by atoms with E-state index in [1.54, 1.807) is 0 Å². The summed E-state index contributed by atoms with van der Waals surface area (Å²) in [7, 11) is 0. The molecule has 1 aliphatic carbocycles. The van der Waals surface area contributed by atoms with Crippen molar-refractivity contribution >= 4 is 0 Å². The van der Waals surface area contributed by atoms with Crippen molar-refractivity contribution in [3.05, 3.63) is 35.9 Å². The van der Waals surface area contributed by atoms with Gasteiger partial charge in [-0.05, 0) is 42.6 Å². The highest BCUT2D eigenvalue weighted by Gasteiger charge is 2.23. The first kappa shape index (κ1) is 12.7. The molecule has 0 bridgehead atoms. The van der Waals surface area contributed by atoms with E-state index in [-0.39, 0.29) is 0 Å². The Morgan fingerprint density at radius 2 is 1.88 bits per heavy atom. The van der Waals surface area contributed by atoms with Crippen molar-refractivity contribution in [1.82, 2.24) is 0 Å². The smallest absolute Gasteiger partial charge is 0.0276 e. The van der Waals surface area contributed by atoms with Crippen molar-refractivity contribution in [3.8, 4) is 0 Å². The lowest BCUT2D eigenvalue weighted by Gasteiger charge is -2.31. The van der Waals surface area contributed by atoms with Crippen LogP contribution >= 0.6 is 0 Å². The van der Waals surface area contributed by atoms with Crippen LogP contribution in [0.15, 0.2) is 30.3 Å². The van der Waals surface area contributed by atoms with Gasteiger partial charge in [-0.25, -0.2) is 0 Å². The Kier molecular flexibility index (Phi) is 4.65. The van der Waals surface area contributed by atoms with E-state index in [0.717, 1.165) is 17.8 Å². The molecule has 0 saturated heterocycles. The maximum Gasteiger partial charge on any atom is -0.0276 e. The van der Waals surface area contributed by atoms with Crippen LogP contribution in [0.2, 0.25) is 0 Å². The van der Waals surface area contributed by atoms with Crippen molar-refractivity contribution in [2.24, 2.45) is 17.8 Å². The lowest BCUT2D eigenvalue weighted by Crippen LogP contribution is -2.20. The van der Waals surface area contributed by atoms with Gasteiger partial charge in [0.2, 0.25) is 0 Å². The molecule has 0 aliphatic heterocycles. The normalized spacial score (nSPS) is 25.1. The van der Waals surface area contributed by atoms with E-state index in [4.69, 9.17) is 0 Å². The second-order valence-corrected chi connectivity index (χ2v) is 6.06. The highest BCUT2D eigenvalue weighted by Crippen LogP contribution is 2.35. The van der Waals surface area contributed by atoms with Crippen LogP contribution in [0.3, 0.4) is 0 Å². The molecular formula is C17H26. The molecule has 0 heteroatoms. The minimum atomic E-state index is 0.884. The Morgan fingerprint density at radius 1 is 1.12 bits per heavy atom. The minimum Gasteiger partial charge on any atom is -0.0625 e. The first-order chi connectivity index (χ1) is 8.25. The molecule has 0 nitrogen and oxygen atoms in total. The summed E-state index contributed by atoms with van der Waals surface area (Å²) in [5.74, 6) is 2.86. The lowest BCUT2D eigenvalue weighted by molar-refractivity contribution is 0.207. The molecule has 0 amide bonds. The van der Waals surface area contributed by atoms with Crippen molar-refractivity contribution in [3.63, 3.8) is 0 Å². The summed E-state index contributed by atoms with van der Waals surface area (Å²) in [5, 5.41) is 0. The first-order valence-corrected chi connectivity index (χ1v) is 7.29. The molecule has 1 aliphatic rings. The zero-order chi connectivity index (χ0) is 12.1. The van der Waals surface area contributed by atoms with Gasteiger partial charge in [-0.15, -0.1) is 0 Å². The number of benzene rings is 1. The topological polar surface area (TPSA) is 0 Å². The molecule has 2 unspecified atom stereocenters. The molecule has 2 atom stereocenters. The summed E-state index contributed by atoms with van der Waals surface area (Å²) in [4.78, 5) is 0. The Morgan fingerprint density at radius 3 is 2.59 bits per heavy atom. The molecule has 17 heavy (non-hydrogen) atoms. The van der Waals surface area contributed by atoms with Gasteiger partial charge in [-0.2, -0.15) is 0 Å². The third-order valence-electron chi connectivity index (χ3n) is 4.45. The van der Waals surface area contributed by atoms with Crippen LogP contribution < -0.4 is 0 Å². The lowest BCUT2D eigenvalue weighted by atomic mass is 9.74. The molecule has 1 saturated carbocycles. The number of hydrogen-bond acceptors (Lipinski definition) is 0. The molecule has 1 aromatic rings. The largest absolute Gasteiger partial charge is 0.0625 e. The minimum absolute atomic E-state index is 0.884. The average molecular weight is 230 g/mol. The summed E-state index contributed by atoms with van der Waals surface area (Å²) < 4.78 is 0. The molecule has 0 heterocycles. The van der Waals surface area contributed by atoms with Gasteiger partial charge in [0.05, 0.1) is 0 Å². The first-order valence-electron chi connectivity index (χ1n) is 7.29. The fourth-order valence-corrected chi connectivity index (χ4v) is 3.22. The molecule has 0 spiro atoms. The van der Waals surface area contributed by atoms with E-state index in [1.807, 2.05) is 0 Å². The maximum absolute atomic E-state index is 2.39. The average Bonchev–Trinajstić information content (AvgIpc) is 2.38. The van der Waals surface area contributed by atoms with Gasteiger partial charge >= 0.3 is 0 Å². The van der Waals surface area contributed by atoms with Crippen LogP contribution in [-0.2, 0) is 6.42 Å². The Bertz CT molecular complexity index is 312. The van der Waals surface area contributed by atoms with E-state index in [2.05, 4.69) is 44.2 Å². The number of aryl methyl sites for hydroxylation is 1. The third kappa shape index (κ3) is 3.87. The summed E-state index contributed by atoms with van der Waals surface area (Å²) in [6.45, 7) is 4.79. The Balaban J connectivity index is 1.79.